The highest BCUT2D eigenvalue weighted by atomic mass is 16.3. The highest BCUT2D eigenvalue weighted by molar-refractivity contribution is 6.06. The maximum atomic E-state index is 6.52. The van der Waals surface area contributed by atoms with Crippen LogP contribution >= 0.6 is 0 Å². The third-order valence-corrected chi connectivity index (χ3v) is 10.5. The molecule has 6 aromatic carbocycles. The van der Waals surface area contributed by atoms with Crippen LogP contribution in [0.3, 0.4) is 0 Å². The summed E-state index contributed by atoms with van der Waals surface area (Å²) in [5.74, 6) is 2.58. The third-order valence-electron chi connectivity index (χ3n) is 10.5. The number of nitrogens with zero attached hydrogens (tertiary/aromatic N) is 4. The number of furan rings is 1. The monoisotopic (exact) mass is 666 g/mol. The van der Waals surface area contributed by atoms with Crippen LogP contribution in [-0.2, 0) is 0 Å². The lowest BCUT2D eigenvalue weighted by atomic mass is 9.85. The minimum Gasteiger partial charge on any atom is -0.456 e. The molecule has 0 fully saturated rings. The van der Waals surface area contributed by atoms with Crippen LogP contribution in [0.15, 0.2) is 162 Å². The van der Waals surface area contributed by atoms with Crippen LogP contribution in [-0.4, -0.2) is 19.5 Å². The molecule has 0 spiro atoms. The van der Waals surface area contributed by atoms with E-state index in [2.05, 4.69) is 144 Å². The van der Waals surface area contributed by atoms with Gasteiger partial charge in [-0.15, -0.1) is 0 Å². The van der Waals surface area contributed by atoms with Gasteiger partial charge in [0, 0.05) is 55.6 Å². The molecule has 0 radical (unpaired) electrons. The SMILES string of the molecule is C1=CC2C=c3c(n(-c4ccc5oc6cc(-c7nc(-c8ccccc8)nc(-c8ccc9ccccc9c8)n7)ccc6c5c4)c4ccccc34)=CC2C=C1. The fraction of sp³-hybridized carbons (Fsp3) is 0.0426. The van der Waals surface area contributed by atoms with Gasteiger partial charge in [-0.3, -0.25) is 0 Å². The second-order valence-corrected chi connectivity index (χ2v) is 13.6. The van der Waals surface area contributed by atoms with Crippen LogP contribution < -0.4 is 10.6 Å². The van der Waals surface area contributed by atoms with E-state index in [0.717, 1.165) is 49.7 Å². The molecule has 0 saturated heterocycles. The zero-order valence-corrected chi connectivity index (χ0v) is 28.0. The van der Waals surface area contributed by atoms with E-state index < -0.39 is 0 Å². The summed E-state index contributed by atoms with van der Waals surface area (Å²) in [4.78, 5) is 15.0. The van der Waals surface area contributed by atoms with Gasteiger partial charge >= 0.3 is 0 Å². The minimum atomic E-state index is 0.344. The predicted molar refractivity (Wildman–Crippen MR) is 211 cm³/mol. The number of fused-ring (bicyclic) bond motifs is 8. The predicted octanol–water partition coefficient (Wildman–Crippen LogP) is 9.80. The smallest absolute Gasteiger partial charge is 0.164 e. The Hall–Kier alpha value is -6.85. The number of allylic oxidation sites excluding steroid dienone is 4. The van der Waals surface area contributed by atoms with Crippen molar-refractivity contribution in [2.45, 2.75) is 0 Å². The Balaban J connectivity index is 1.06. The zero-order chi connectivity index (χ0) is 34.2. The van der Waals surface area contributed by atoms with Gasteiger partial charge in [0.15, 0.2) is 17.5 Å². The molecule has 244 valence electrons. The van der Waals surface area contributed by atoms with Crippen LogP contribution in [0.25, 0.3) is 95.6 Å². The van der Waals surface area contributed by atoms with Gasteiger partial charge in [0.05, 0.1) is 10.9 Å². The average Bonchev–Trinajstić information content (AvgIpc) is 3.74. The third kappa shape index (κ3) is 4.60. The number of rotatable bonds is 4. The second-order valence-electron chi connectivity index (χ2n) is 13.6. The first-order valence-corrected chi connectivity index (χ1v) is 17.7. The van der Waals surface area contributed by atoms with Crippen molar-refractivity contribution in [3.63, 3.8) is 0 Å². The van der Waals surface area contributed by atoms with Crippen LogP contribution in [0.5, 0.6) is 0 Å². The summed E-state index contributed by atoms with van der Waals surface area (Å²) in [6.07, 6.45) is 13.8. The van der Waals surface area contributed by atoms with Crippen molar-refractivity contribution in [1.82, 2.24) is 19.5 Å². The van der Waals surface area contributed by atoms with Crippen molar-refractivity contribution in [3.05, 3.63) is 168 Å². The summed E-state index contributed by atoms with van der Waals surface area (Å²) < 4.78 is 8.93. The number of hydrogen-bond acceptors (Lipinski definition) is 4. The van der Waals surface area contributed by atoms with Crippen LogP contribution in [0.2, 0.25) is 0 Å². The van der Waals surface area contributed by atoms with Crippen LogP contribution in [0.4, 0.5) is 0 Å². The van der Waals surface area contributed by atoms with Crippen molar-refractivity contribution in [2.24, 2.45) is 11.8 Å². The highest BCUT2D eigenvalue weighted by Gasteiger charge is 2.22. The van der Waals surface area contributed by atoms with Gasteiger partial charge in [-0.05, 0) is 53.2 Å². The van der Waals surface area contributed by atoms with E-state index in [9.17, 15) is 0 Å². The van der Waals surface area contributed by atoms with E-state index in [1.165, 1.54) is 26.9 Å². The van der Waals surface area contributed by atoms with E-state index in [0.29, 0.717) is 29.3 Å². The fourth-order valence-electron chi connectivity index (χ4n) is 7.97. The molecule has 0 aliphatic heterocycles. The van der Waals surface area contributed by atoms with Gasteiger partial charge in [-0.25, -0.2) is 15.0 Å². The topological polar surface area (TPSA) is 56.7 Å². The first kappa shape index (κ1) is 28.9. The first-order chi connectivity index (χ1) is 25.7. The Kier molecular flexibility index (Phi) is 6.31. The quantitative estimate of drug-likeness (QED) is 0.188. The molecule has 2 aliphatic carbocycles. The van der Waals surface area contributed by atoms with E-state index in [-0.39, 0.29) is 0 Å². The molecule has 0 saturated carbocycles. The number of hydrogen-bond donors (Lipinski definition) is 0. The molecular formula is C47H30N4O. The van der Waals surface area contributed by atoms with E-state index in [1.54, 1.807) is 0 Å². The molecule has 3 heterocycles. The van der Waals surface area contributed by atoms with Crippen molar-refractivity contribution >= 4 is 55.8 Å². The van der Waals surface area contributed by atoms with Gasteiger partial charge < -0.3 is 8.98 Å². The summed E-state index contributed by atoms with van der Waals surface area (Å²) in [7, 11) is 0. The molecule has 2 atom stereocenters. The first-order valence-electron chi connectivity index (χ1n) is 17.7. The Morgan fingerprint density at radius 3 is 2.02 bits per heavy atom. The Morgan fingerprint density at radius 2 is 1.17 bits per heavy atom. The van der Waals surface area contributed by atoms with E-state index in [4.69, 9.17) is 19.4 Å². The summed E-state index contributed by atoms with van der Waals surface area (Å²) in [5, 5.41) is 8.25. The summed E-state index contributed by atoms with van der Waals surface area (Å²) in [6.45, 7) is 0. The second kappa shape index (κ2) is 11.3. The maximum absolute atomic E-state index is 6.52. The molecule has 0 bridgehead atoms. The normalized spacial score (nSPS) is 16.2. The molecule has 52 heavy (non-hydrogen) atoms. The van der Waals surface area contributed by atoms with Crippen LogP contribution in [0.1, 0.15) is 0 Å². The molecular weight excluding hydrogens is 637 g/mol. The maximum Gasteiger partial charge on any atom is 0.164 e. The van der Waals surface area contributed by atoms with Crippen LogP contribution in [0, 0.1) is 11.8 Å². The standard InChI is InChI=1S/C47H30N4O/c1-2-11-30(12-3-1)45-48-46(34-19-18-29-10-4-5-13-31(29)24-34)50-47(49-45)35-20-22-38-40-28-36(21-23-43(40)52-44(38)27-35)51-41-17-9-8-16-37(41)39-25-32-14-6-7-15-33(32)26-42(39)51/h1-28,32-33H. The Morgan fingerprint density at radius 1 is 0.481 bits per heavy atom. The van der Waals surface area contributed by atoms with Crippen molar-refractivity contribution < 1.29 is 4.42 Å². The minimum absolute atomic E-state index is 0.344. The molecule has 0 N–H and O–H groups in total. The van der Waals surface area contributed by atoms with E-state index in [1.807, 2.05) is 30.3 Å². The molecule has 11 rings (SSSR count). The lowest BCUT2D eigenvalue weighted by molar-refractivity contribution is 0.669. The van der Waals surface area contributed by atoms with Gasteiger partial charge in [-0.1, -0.05) is 127 Å². The number of para-hydroxylation sites is 1. The number of aromatic nitrogens is 4. The summed E-state index contributed by atoms with van der Waals surface area (Å²) in [6, 6.07) is 46.3. The largest absolute Gasteiger partial charge is 0.456 e. The fourth-order valence-corrected chi connectivity index (χ4v) is 7.97. The van der Waals surface area contributed by atoms with Crippen molar-refractivity contribution in [1.29, 1.82) is 0 Å². The summed E-state index contributed by atoms with van der Waals surface area (Å²) in [5.41, 5.74) is 6.69. The molecule has 9 aromatic rings. The highest BCUT2D eigenvalue weighted by Crippen LogP contribution is 2.35. The van der Waals surface area contributed by atoms with Gasteiger partial charge in [0.2, 0.25) is 0 Å². The Labute approximate surface area is 298 Å². The molecule has 5 heteroatoms. The lowest BCUT2D eigenvalue weighted by Crippen LogP contribution is -2.35. The summed E-state index contributed by atoms with van der Waals surface area (Å²) >= 11 is 0. The molecule has 2 unspecified atom stereocenters. The zero-order valence-electron chi connectivity index (χ0n) is 28.0. The molecule has 5 nitrogen and oxygen atoms in total. The van der Waals surface area contributed by atoms with Gasteiger partial charge in [0.1, 0.15) is 11.2 Å². The number of benzene rings is 6. The van der Waals surface area contributed by atoms with Gasteiger partial charge in [0.25, 0.3) is 0 Å². The van der Waals surface area contributed by atoms with Gasteiger partial charge in [-0.2, -0.15) is 0 Å². The molecule has 3 aromatic heterocycles. The Bertz CT molecular complexity index is 3090. The van der Waals surface area contributed by atoms with Crippen molar-refractivity contribution in [3.8, 4) is 39.9 Å². The lowest BCUT2D eigenvalue weighted by Gasteiger charge is -2.20. The molecule has 0 amide bonds. The average molecular weight is 667 g/mol. The van der Waals surface area contributed by atoms with E-state index >= 15 is 0 Å². The van der Waals surface area contributed by atoms with Crippen molar-refractivity contribution in [2.75, 3.05) is 0 Å². The molecule has 2 aliphatic rings.